The summed E-state index contributed by atoms with van der Waals surface area (Å²) < 4.78 is 12.0. The van der Waals surface area contributed by atoms with Gasteiger partial charge in [0.15, 0.2) is 0 Å². The Hall–Kier alpha value is -0.640. The van der Waals surface area contributed by atoms with Gasteiger partial charge in [0.1, 0.15) is 6.67 Å². The molecule has 11 heavy (non-hydrogen) atoms. The normalized spacial score (nSPS) is 13.5. The molecule has 0 amide bonds. The minimum absolute atomic E-state index is 0.374. The fourth-order valence-corrected chi connectivity index (χ4v) is 0.681. The second-order valence-electron chi connectivity index (χ2n) is 2.78. The fourth-order valence-electron chi connectivity index (χ4n) is 0.681. The number of hydrogen-bond donors (Lipinski definition) is 1. The molecule has 0 rings (SSSR count). The molecule has 0 radical (unpaired) electrons. The first kappa shape index (κ1) is 10.4. The Morgan fingerprint density at radius 3 is 2.45 bits per heavy atom. The molecule has 0 aromatic carbocycles. The van der Waals surface area contributed by atoms with Crippen LogP contribution < -0.4 is 0 Å². The van der Waals surface area contributed by atoms with E-state index in [-0.39, 0.29) is 0 Å². The van der Waals surface area contributed by atoms with Crippen LogP contribution >= 0.6 is 0 Å². The van der Waals surface area contributed by atoms with Crippen LogP contribution in [0.15, 0.2) is 0 Å². The molecule has 3 nitrogen and oxygen atoms in total. The molecule has 0 saturated carbocycles. The van der Waals surface area contributed by atoms with Gasteiger partial charge in [-0.25, -0.2) is 0 Å². The lowest BCUT2D eigenvalue weighted by Gasteiger charge is -2.12. The molecule has 1 atom stereocenters. The summed E-state index contributed by atoms with van der Waals surface area (Å²) in [6.45, 7) is -0.163. The van der Waals surface area contributed by atoms with Gasteiger partial charge in [-0.2, -0.15) is 0 Å². The molecule has 0 heterocycles. The lowest BCUT2D eigenvalue weighted by atomic mass is 10.1. The van der Waals surface area contributed by atoms with Gasteiger partial charge in [-0.15, -0.1) is 0 Å². The Bertz CT molecular complexity index is 128. The average Bonchev–Trinajstić information content (AvgIpc) is 1.87. The first-order chi connectivity index (χ1) is 5.07. The average molecular weight is 163 g/mol. The monoisotopic (exact) mass is 163 g/mol. The molecule has 0 spiro atoms. The molecule has 1 unspecified atom stereocenters. The van der Waals surface area contributed by atoms with Crippen molar-refractivity contribution in [2.75, 3.05) is 27.3 Å². The largest absolute Gasteiger partial charge is 0.481 e. The smallest absolute Gasteiger partial charge is 0.309 e. The summed E-state index contributed by atoms with van der Waals surface area (Å²) in [5.41, 5.74) is 0. The molecule has 66 valence electrons. The number of aliphatic carboxylic acids is 1. The fraction of sp³-hybridized carbons (Fsp3) is 0.857. The zero-order chi connectivity index (χ0) is 8.85. The lowest BCUT2D eigenvalue weighted by molar-refractivity contribution is -0.142. The molecule has 1 N–H and O–H groups in total. The van der Waals surface area contributed by atoms with Crippen molar-refractivity contribution in [3.8, 4) is 0 Å². The Balaban J connectivity index is 3.61. The van der Waals surface area contributed by atoms with E-state index in [1.807, 2.05) is 19.0 Å². The molecule has 0 fully saturated rings. The Labute approximate surface area is 65.8 Å². The van der Waals surface area contributed by atoms with Crippen LogP contribution in [-0.2, 0) is 4.79 Å². The summed E-state index contributed by atoms with van der Waals surface area (Å²) in [4.78, 5) is 12.1. The summed E-state index contributed by atoms with van der Waals surface area (Å²) in [6.07, 6.45) is 0.374. The van der Waals surface area contributed by atoms with Crippen LogP contribution in [0.25, 0.3) is 0 Å². The van der Waals surface area contributed by atoms with Crippen LogP contribution in [-0.4, -0.2) is 43.3 Å². The van der Waals surface area contributed by atoms with Crippen molar-refractivity contribution in [3.63, 3.8) is 0 Å². The van der Waals surface area contributed by atoms with Crippen LogP contribution in [0, 0.1) is 5.92 Å². The number of halogens is 1. The van der Waals surface area contributed by atoms with Crippen molar-refractivity contribution in [2.24, 2.45) is 5.92 Å². The van der Waals surface area contributed by atoms with E-state index in [0.717, 1.165) is 0 Å². The molecule has 0 aromatic rings. The zero-order valence-electron chi connectivity index (χ0n) is 6.88. The Morgan fingerprint density at radius 1 is 1.64 bits per heavy atom. The molecule has 0 bridgehead atoms. The van der Waals surface area contributed by atoms with Crippen molar-refractivity contribution in [1.29, 1.82) is 0 Å². The van der Waals surface area contributed by atoms with Crippen molar-refractivity contribution in [3.05, 3.63) is 0 Å². The Kier molecular flexibility index (Phi) is 4.77. The van der Waals surface area contributed by atoms with Crippen LogP contribution in [0.5, 0.6) is 0 Å². The van der Waals surface area contributed by atoms with Gasteiger partial charge < -0.3 is 10.0 Å². The highest BCUT2D eigenvalue weighted by molar-refractivity contribution is 5.70. The second-order valence-corrected chi connectivity index (χ2v) is 2.78. The van der Waals surface area contributed by atoms with Gasteiger partial charge in [-0.3, -0.25) is 9.18 Å². The maximum Gasteiger partial charge on any atom is 0.309 e. The highest BCUT2D eigenvalue weighted by atomic mass is 19.1. The molecule has 0 saturated heterocycles. The van der Waals surface area contributed by atoms with E-state index in [1.54, 1.807) is 0 Å². The van der Waals surface area contributed by atoms with Crippen molar-refractivity contribution >= 4 is 5.97 Å². The number of carboxylic acid groups (broad SMARTS) is 1. The van der Waals surface area contributed by atoms with Crippen molar-refractivity contribution < 1.29 is 14.3 Å². The van der Waals surface area contributed by atoms with Gasteiger partial charge in [0, 0.05) is 0 Å². The van der Waals surface area contributed by atoms with Crippen LogP contribution in [0.1, 0.15) is 6.42 Å². The predicted molar refractivity (Wildman–Crippen MR) is 40.3 cm³/mol. The third-order valence-electron chi connectivity index (χ3n) is 1.46. The Morgan fingerprint density at radius 2 is 2.18 bits per heavy atom. The van der Waals surface area contributed by atoms with Gasteiger partial charge >= 0.3 is 5.97 Å². The number of hydrogen-bond acceptors (Lipinski definition) is 2. The molecule has 0 aromatic heterocycles. The molecular formula is C7H14FNO2. The number of carboxylic acids is 1. The summed E-state index contributed by atoms with van der Waals surface area (Å²) >= 11 is 0. The van der Waals surface area contributed by atoms with Gasteiger partial charge in [-0.05, 0) is 27.1 Å². The van der Waals surface area contributed by atoms with E-state index in [2.05, 4.69) is 0 Å². The SMILES string of the molecule is CN(C)CCC(CF)C(=O)O. The van der Waals surface area contributed by atoms with Crippen LogP contribution in [0.3, 0.4) is 0 Å². The molecule has 0 aliphatic heterocycles. The second kappa shape index (κ2) is 5.07. The molecule has 4 heteroatoms. The van der Waals surface area contributed by atoms with Gasteiger partial charge in [0.25, 0.3) is 0 Å². The summed E-state index contributed by atoms with van der Waals surface area (Å²) in [7, 11) is 3.66. The van der Waals surface area contributed by atoms with Gasteiger partial charge in [0.2, 0.25) is 0 Å². The zero-order valence-corrected chi connectivity index (χ0v) is 6.88. The molecular weight excluding hydrogens is 149 g/mol. The number of nitrogens with zero attached hydrogens (tertiary/aromatic N) is 1. The van der Waals surface area contributed by atoms with E-state index in [1.165, 1.54) is 0 Å². The quantitative estimate of drug-likeness (QED) is 0.645. The number of carbonyl (C=O) groups is 1. The maximum atomic E-state index is 12.0. The third-order valence-corrected chi connectivity index (χ3v) is 1.46. The van der Waals surface area contributed by atoms with Crippen molar-refractivity contribution in [1.82, 2.24) is 4.90 Å². The number of alkyl halides is 1. The standard InChI is InChI=1S/C7H14FNO2/c1-9(2)4-3-6(5-8)7(10)11/h6H,3-5H2,1-2H3,(H,10,11). The summed E-state index contributed by atoms with van der Waals surface area (Å²) in [5.74, 6) is -1.88. The first-order valence-corrected chi connectivity index (χ1v) is 3.51. The van der Waals surface area contributed by atoms with E-state index in [4.69, 9.17) is 5.11 Å². The van der Waals surface area contributed by atoms with E-state index in [9.17, 15) is 9.18 Å². The molecule has 0 aliphatic rings. The lowest BCUT2D eigenvalue weighted by Crippen LogP contribution is -2.22. The van der Waals surface area contributed by atoms with Crippen molar-refractivity contribution in [2.45, 2.75) is 6.42 Å². The maximum absolute atomic E-state index is 12.0. The highest BCUT2D eigenvalue weighted by Crippen LogP contribution is 2.04. The first-order valence-electron chi connectivity index (χ1n) is 3.51. The highest BCUT2D eigenvalue weighted by Gasteiger charge is 2.16. The summed E-state index contributed by atoms with van der Waals surface area (Å²) in [5, 5.41) is 8.43. The van der Waals surface area contributed by atoms with E-state index < -0.39 is 18.6 Å². The number of rotatable bonds is 5. The van der Waals surface area contributed by atoms with Gasteiger partial charge in [-0.1, -0.05) is 0 Å². The van der Waals surface area contributed by atoms with Crippen LogP contribution in [0.4, 0.5) is 4.39 Å². The minimum atomic E-state index is -1.05. The topological polar surface area (TPSA) is 40.5 Å². The predicted octanol–water partition coefficient (Wildman–Crippen LogP) is 0.608. The van der Waals surface area contributed by atoms with E-state index >= 15 is 0 Å². The summed E-state index contributed by atoms with van der Waals surface area (Å²) in [6, 6.07) is 0. The molecule has 0 aliphatic carbocycles. The van der Waals surface area contributed by atoms with Gasteiger partial charge in [0.05, 0.1) is 5.92 Å². The third kappa shape index (κ3) is 4.72. The minimum Gasteiger partial charge on any atom is -0.481 e. The van der Waals surface area contributed by atoms with E-state index in [0.29, 0.717) is 13.0 Å². The van der Waals surface area contributed by atoms with Crippen LogP contribution in [0.2, 0.25) is 0 Å².